The monoisotopic (exact) mass is 267 g/mol. The SMILES string of the molecule is CCOc1ccc(OCC)c(CCC(CN)CO)c1. The molecule has 0 bridgehead atoms. The van der Waals surface area contributed by atoms with E-state index >= 15 is 0 Å². The highest BCUT2D eigenvalue weighted by molar-refractivity contribution is 5.40. The van der Waals surface area contributed by atoms with Gasteiger partial charge in [-0.25, -0.2) is 0 Å². The number of aryl methyl sites for hydroxylation is 1. The third-order valence-electron chi connectivity index (χ3n) is 3.06. The number of benzene rings is 1. The largest absolute Gasteiger partial charge is 0.494 e. The summed E-state index contributed by atoms with van der Waals surface area (Å²) in [5.74, 6) is 1.89. The van der Waals surface area contributed by atoms with Crippen molar-refractivity contribution in [3.8, 4) is 11.5 Å². The second-order valence-corrected chi connectivity index (χ2v) is 4.46. The zero-order valence-electron chi connectivity index (χ0n) is 11.9. The van der Waals surface area contributed by atoms with E-state index in [1.165, 1.54) is 0 Å². The molecule has 0 aliphatic heterocycles. The molecule has 0 aliphatic carbocycles. The number of rotatable bonds is 9. The van der Waals surface area contributed by atoms with Crippen LogP contribution in [-0.4, -0.2) is 31.5 Å². The Kier molecular flexibility index (Phi) is 7.30. The Morgan fingerprint density at radius 2 is 1.95 bits per heavy atom. The highest BCUT2D eigenvalue weighted by Crippen LogP contribution is 2.26. The maximum Gasteiger partial charge on any atom is 0.122 e. The summed E-state index contributed by atoms with van der Waals surface area (Å²) in [5.41, 5.74) is 6.72. The van der Waals surface area contributed by atoms with Crippen LogP contribution in [0.25, 0.3) is 0 Å². The molecular formula is C15H25NO3. The van der Waals surface area contributed by atoms with E-state index in [-0.39, 0.29) is 12.5 Å². The van der Waals surface area contributed by atoms with E-state index in [0.717, 1.165) is 29.9 Å². The number of aliphatic hydroxyl groups excluding tert-OH is 1. The van der Waals surface area contributed by atoms with Gasteiger partial charge in [-0.1, -0.05) is 0 Å². The third kappa shape index (κ3) is 5.09. The van der Waals surface area contributed by atoms with Crippen LogP contribution in [0.2, 0.25) is 0 Å². The van der Waals surface area contributed by atoms with Gasteiger partial charge in [-0.05, 0) is 62.9 Å². The van der Waals surface area contributed by atoms with Crippen molar-refractivity contribution in [2.45, 2.75) is 26.7 Å². The van der Waals surface area contributed by atoms with Crippen LogP contribution in [0.3, 0.4) is 0 Å². The van der Waals surface area contributed by atoms with Crippen molar-refractivity contribution in [1.82, 2.24) is 0 Å². The average molecular weight is 267 g/mol. The summed E-state index contributed by atoms with van der Waals surface area (Å²) < 4.78 is 11.1. The number of nitrogens with two attached hydrogens (primary N) is 1. The smallest absolute Gasteiger partial charge is 0.122 e. The summed E-state index contributed by atoms with van der Waals surface area (Å²) in [7, 11) is 0. The lowest BCUT2D eigenvalue weighted by atomic mass is 9.99. The molecule has 0 fully saturated rings. The lowest BCUT2D eigenvalue weighted by Gasteiger charge is -2.15. The molecule has 1 atom stereocenters. The fourth-order valence-corrected chi connectivity index (χ4v) is 1.95. The van der Waals surface area contributed by atoms with Crippen molar-refractivity contribution in [2.24, 2.45) is 11.7 Å². The summed E-state index contributed by atoms with van der Waals surface area (Å²) in [5, 5.41) is 9.18. The molecule has 0 amide bonds. The molecule has 0 heterocycles. The maximum absolute atomic E-state index is 9.18. The highest BCUT2D eigenvalue weighted by atomic mass is 16.5. The lowest BCUT2D eigenvalue weighted by Crippen LogP contribution is -2.18. The van der Waals surface area contributed by atoms with Crippen LogP contribution in [0.1, 0.15) is 25.8 Å². The van der Waals surface area contributed by atoms with E-state index < -0.39 is 0 Å². The number of hydrogen-bond donors (Lipinski definition) is 2. The van der Waals surface area contributed by atoms with Gasteiger partial charge in [-0.15, -0.1) is 0 Å². The van der Waals surface area contributed by atoms with E-state index in [0.29, 0.717) is 19.8 Å². The molecule has 0 saturated carbocycles. The Morgan fingerprint density at radius 3 is 2.53 bits per heavy atom. The van der Waals surface area contributed by atoms with Crippen molar-refractivity contribution in [1.29, 1.82) is 0 Å². The zero-order valence-corrected chi connectivity index (χ0v) is 11.9. The van der Waals surface area contributed by atoms with Crippen molar-refractivity contribution in [3.05, 3.63) is 23.8 Å². The molecule has 1 aromatic carbocycles. The van der Waals surface area contributed by atoms with Gasteiger partial charge in [-0.3, -0.25) is 0 Å². The number of ether oxygens (including phenoxy) is 2. The Balaban J connectivity index is 2.78. The van der Waals surface area contributed by atoms with Gasteiger partial charge in [0, 0.05) is 6.61 Å². The van der Waals surface area contributed by atoms with Crippen molar-refractivity contribution in [3.63, 3.8) is 0 Å². The van der Waals surface area contributed by atoms with E-state index in [9.17, 15) is 5.11 Å². The minimum Gasteiger partial charge on any atom is -0.494 e. The fraction of sp³-hybridized carbons (Fsp3) is 0.600. The average Bonchev–Trinajstić information content (AvgIpc) is 2.43. The van der Waals surface area contributed by atoms with Crippen LogP contribution in [0.4, 0.5) is 0 Å². The number of hydrogen-bond acceptors (Lipinski definition) is 4. The predicted molar refractivity (Wildman–Crippen MR) is 76.7 cm³/mol. The Hall–Kier alpha value is -1.26. The molecule has 0 spiro atoms. The highest BCUT2D eigenvalue weighted by Gasteiger charge is 2.10. The molecule has 3 N–H and O–H groups in total. The third-order valence-corrected chi connectivity index (χ3v) is 3.06. The topological polar surface area (TPSA) is 64.7 Å². The Bertz CT molecular complexity index is 364. The van der Waals surface area contributed by atoms with Gasteiger partial charge in [0.1, 0.15) is 11.5 Å². The number of aliphatic hydroxyl groups is 1. The first kappa shape index (κ1) is 15.8. The van der Waals surface area contributed by atoms with Crippen LogP contribution in [0.15, 0.2) is 18.2 Å². The minimum atomic E-state index is 0.131. The van der Waals surface area contributed by atoms with Crippen molar-refractivity contribution >= 4 is 0 Å². The van der Waals surface area contributed by atoms with Crippen LogP contribution in [-0.2, 0) is 6.42 Å². The molecule has 1 rings (SSSR count). The second kappa shape index (κ2) is 8.77. The van der Waals surface area contributed by atoms with Crippen LogP contribution < -0.4 is 15.2 Å². The molecular weight excluding hydrogens is 242 g/mol. The van der Waals surface area contributed by atoms with Gasteiger partial charge in [0.2, 0.25) is 0 Å². The summed E-state index contributed by atoms with van der Waals surface area (Å²) in [6.45, 7) is 5.86. The zero-order chi connectivity index (χ0) is 14.1. The van der Waals surface area contributed by atoms with Gasteiger partial charge in [0.05, 0.1) is 13.2 Å². The first-order valence-electron chi connectivity index (χ1n) is 6.94. The van der Waals surface area contributed by atoms with Crippen molar-refractivity contribution in [2.75, 3.05) is 26.4 Å². The van der Waals surface area contributed by atoms with Gasteiger partial charge >= 0.3 is 0 Å². The maximum atomic E-state index is 9.18. The van der Waals surface area contributed by atoms with Gasteiger partial charge in [-0.2, -0.15) is 0 Å². The second-order valence-electron chi connectivity index (χ2n) is 4.46. The van der Waals surface area contributed by atoms with Crippen LogP contribution in [0, 0.1) is 5.92 Å². The predicted octanol–water partition coefficient (Wildman–Crippen LogP) is 1.98. The van der Waals surface area contributed by atoms with Crippen LogP contribution in [0.5, 0.6) is 11.5 Å². The molecule has 1 aromatic rings. The molecule has 0 aromatic heterocycles. The summed E-state index contributed by atoms with van der Waals surface area (Å²) in [6.07, 6.45) is 1.68. The molecule has 4 heteroatoms. The first-order valence-corrected chi connectivity index (χ1v) is 6.94. The van der Waals surface area contributed by atoms with Gasteiger partial charge < -0.3 is 20.3 Å². The summed E-state index contributed by atoms with van der Waals surface area (Å²) in [4.78, 5) is 0. The van der Waals surface area contributed by atoms with Crippen LogP contribution >= 0.6 is 0 Å². The molecule has 1 unspecified atom stereocenters. The molecule has 19 heavy (non-hydrogen) atoms. The van der Waals surface area contributed by atoms with Gasteiger partial charge in [0.15, 0.2) is 0 Å². The van der Waals surface area contributed by atoms with E-state index in [4.69, 9.17) is 15.2 Å². The van der Waals surface area contributed by atoms with Gasteiger partial charge in [0.25, 0.3) is 0 Å². The van der Waals surface area contributed by atoms with E-state index in [2.05, 4.69) is 0 Å². The molecule has 0 radical (unpaired) electrons. The first-order chi connectivity index (χ1) is 9.24. The minimum absolute atomic E-state index is 0.131. The quantitative estimate of drug-likeness (QED) is 0.718. The summed E-state index contributed by atoms with van der Waals surface area (Å²) >= 11 is 0. The van der Waals surface area contributed by atoms with E-state index in [1.807, 2.05) is 32.0 Å². The normalized spacial score (nSPS) is 12.2. The standard InChI is InChI=1S/C15H25NO3/c1-3-18-14-7-8-15(19-4-2)13(9-14)6-5-12(10-16)11-17/h7-9,12,17H,3-6,10-11,16H2,1-2H3. The molecule has 4 nitrogen and oxygen atoms in total. The van der Waals surface area contributed by atoms with E-state index in [1.54, 1.807) is 0 Å². The molecule has 0 saturated heterocycles. The fourth-order valence-electron chi connectivity index (χ4n) is 1.95. The molecule has 0 aliphatic rings. The molecule has 108 valence electrons. The lowest BCUT2D eigenvalue weighted by molar-refractivity contribution is 0.222. The Morgan fingerprint density at radius 1 is 1.21 bits per heavy atom. The Labute approximate surface area is 115 Å². The summed E-state index contributed by atoms with van der Waals surface area (Å²) in [6, 6.07) is 5.88. The van der Waals surface area contributed by atoms with Crippen molar-refractivity contribution < 1.29 is 14.6 Å².